The maximum Gasteiger partial charge on any atom is 0.274 e. The van der Waals surface area contributed by atoms with Crippen molar-refractivity contribution in [3.05, 3.63) is 112 Å². The van der Waals surface area contributed by atoms with Crippen molar-refractivity contribution >= 4 is 39.8 Å². The number of para-hydroxylation sites is 1. The second-order valence-electron chi connectivity index (χ2n) is 8.56. The van der Waals surface area contributed by atoms with Crippen LogP contribution in [0.2, 0.25) is 5.02 Å². The molecule has 3 aromatic carbocycles. The largest absolute Gasteiger partial charge is 0.399 e. The summed E-state index contributed by atoms with van der Waals surface area (Å²) in [5.41, 5.74) is 14.5. The van der Waals surface area contributed by atoms with Crippen LogP contribution >= 0.6 is 11.6 Å². The van der Waals surface area contributed by atoms with Crippen molar-refractivity contribution in [1.29, 1.82) is 0 Å². The molecule has 0 fully saturated rings. The fourth-order valence-electron chi connectivity index (χ4n) is 4.20. The number of nitrogens with one attached hydrogen (secondary N) is 1. The summed E-state index contributed by atoms with van der Waals surface area (Å²) < 4.78 is 1.55. The molecule has 0 aliphatic carbocycles. The zero-order valence-electron chi connectivity index (χ0n) is 19.9. The summed E-state index contributed by atoms with van der Waals surface area (Å²) in [6, 6.07) is 22.8. The Kier molecular flexibility index (Phi) is 6.33. The fraction of sp³-hybridized carbons (Fsp3) is 0.0714. The van der Waals surface area contributed by atoms with E-state index in [-0.39, 0.29) is 17.1 Å². The molecule has 1 amide bonds. The van der Waals surface area contributed by atoms with E-state index in [2.05, 4.69) is 15.3 Å². The highest BCUT2D eigenvalue weighted by Gasteiger charge is 2.22. The van der Waals surface area contributed by atoms with Crippen LogP contribution in [-0.4, -0.2) is 20.4 Å². The molecule has 0 aliphatic heterocycles. The molecule has 0 saturated heterocycles. The number of halogens is 1. The predicted molar refractivity (Wildman–Crippen MR) is 147 cm³/mol. The number of pyridine rings is 1. The van der Waals surface area contributed by atoms with Crippen LogP contribution in [0.4, 0.5) is 11.5 Å². The van der Waals surface area contributed by atoms with E-state index in [1.54, 1.807) is 47.9 Å². The van der Waals surface area contributed by atoms with Crippen LogP contribution in [0.15, 0.2) is 89.9 Å². The van der Waals surface area contributed by atoms with Crippen molar-refractivity contribution in [1.82, 2.24) is 19.9 Å². The molecule has 0 saturated carbocycles. The van der Waals surface area contributed by atoms with Gasteiger partial charge in [0.05, 0.1) is 28.3 Å². The second kappa shape index (κ2) is 9.75. The Morgan fingerprint density at radius 2 is 1.73 bits per heavy atom. The first-order chi connectivity index (χ1) is 17.8. The Bertz CT molecular complexity index is 1680. The van der Waals surface area contributed by atoms with Crippen LogP contribution in [-0.2, 0) is 0 Å². The lowest BCUT2D eigenvalue weighted by atomic mass is 10.1. The van der Waals surface area contributed by atoms with E-state index in [0.717, 1.165) is 5.56 Å². The number of nitrogens with two attached hydrogens (primary N) is 2. The van der Waals surface area contributed by atoms with Gasteiger partial charge in [0, 0.05) is 22.6 Å². The highest BCUT2D eigenvalue weighted by atomic mass is 35.5. The van der Waals surface area contributed by atoms with Gasteiger partial charge >= 0.3 is 0 Å². The molecule has 0 spiro atoms. The highest BCUT2D eigenvalue weighted by molar-refractivity contribution is 6.35. The van der Waals surface area contributed by atoms with E-state index in [0.29, 0.717) is 38.6 Å². The number of nitrogens with zero attached hydrogens (tertiary/aromatic N) is 3. The summed E-state index contributed by atoms with van der Waals surface area (Å²) in [6.45, 7) is 1.79. The Balaban J connectivity index is 1.56. The first-order valence-electron chi connectivity index (χ1n) is 11.5. The van der Waals surface area contributed by atoms with Gasteiger partial charge in [-0.25, -0.2) is 9.97 Å². The Labute approximate surface area is 217 Å². The van der Waals surface area contributed by atoms with Crippen LogP contribution in [0.5, 0.6) is 0 Å². The van der Waals surface area contributed by atoms with E-state index in [1.807, 2.05) is 42.5 Å². The molecule has 5 rings (SSSR count). The predicted octanol–water partition coefficient (Wildman–Crippen LogP) is 4.76. The normalized spacial score (nSPS) is 11.8. The number of anilines is 2. The van der Waals surface area contributed by atoms with Crippen molar-refractivity contribution in [3.8, 4) is 16.9 Å². The number of nitrogen functional groups attached to an aromatic ring is 2. The molecule has 0 bridgehead atoms. The van der Waals surface area contributed by atoms with Crippen molar-refractivity contribution in [2.24, 2.45) is 0 Å². The van der Waals surface area contributed by atoms with Gasteiger partial charge in [-0.15, -0.1) is 0 Å². The first-order valence-corrected chi connectivity index (χ1v) is 11.9. The van der Waals surface area contributed by atoms with Crippen molar-refractivity contribution < 1.29 is 4.79 Å². The van der Waals surface area contributed by atoms with Gasteiger partial charge in [-0.3, -0.25) is 14.2 Å². The van der Waals surface area contributed by atoms with Crippen molar-refractivity contribution in [3.63, 3.8) is 0 Å². The average Bonchev–Trinajstić information content (AvgIpc) is 2.89. The summed E-state index contributed by atoms with van der Waals surface area (Å²) in [7, 11) is 0. The number of benzene rings is 3. The minimum Gasteiger partial charge on any atom is -0.399 e. The van der Waals surface area contributed by atoms with E-state index in [1.165, 1.54) is 6.20 Å². The monoisotopic (exact) mass is 510 g/mol. The van der Waals surface area contributed by atoms with E-state index < -0.39 is 11.9 Å². The number of carbonyl (C=O) groups excluding carboxylic acids is 1. The third-order valence-corrected chi connectivity index (χ3v) is 6.37. The molecule has 37 heavy (non-hydrogen) atoms. The molecule has 1 unspecified atom stereocenters. The lowest BCUT2D eigenvalue weighted by Gasteiger charge is -2.21. The Morgan fingerprint density at radius 1 is 1.00 bits per heavy atom. The summed E-state index contributed by atoms with van der Waals surface area (Å²) in [5, 5.41) is 4.36. The van der Waals surface area contributed by atoms with Gasteiger partial charge in [0.25, 0.3) is 11.5 Å². The Morgan fingerprint density at radius 3 is 2.46 bits per heavy atom. The summed E-state index contributed by atoms with van der Waals surface area (Å²) in [5.74, 6) is -0.525. The molecule has 9 heteroatoms. The molecular formula is C28H23ClN6O2. The van der Waals surface area contributed by atoms with Gasteiger partial charge in [-0.1, -0.05) is 54.1 Å². The second-order valence-corrected chi connectivity index (χ2v) is 8.96. The molecule has 5 N–H and O–H groups in total. The number of hydrogen-bond acceptors (Lipinski definition) is 6. The van der Waals surface area contributed by atoms with E-state index in [9.17, 15) is 9.59 Å². The molecular weight excluding hydrogens is 488 g/mol. The van der Waals surface area contributed by atoms with Crippen molar-refractivity contribution in [2.45, 2.75) is 13.0 Å². The number of fused-ring (bicyclic) bond motifs is 1. The molecule has 8 nitrogen and oxygen atoms in total. The molecule has 2 heterocycles. The maximum atomic E-state index is 13.6. The highest BCUT2D eigenvalue weighted by Crippen LogP contribution is 2.26. The number of aromatic nitrogens is 3. The first kappa shape index (κ1) is 24.0. The Hall–Kier alpha value is -4.69. The van der Waals surface area contributed by atoms with E-state index >= 15 is 0 Å². The topological polar surface area (TPSA) is 129 Å². The fourth-order valence-corrected chi connectivity index (χ4v) is 4.46. The zero-order chi connectivity index (χ0) is 26.1. The van der Waals surface area contributed by atoms with Gasteiger partial charge in [-0.05, 0) is 48.7 Å². The number of carbonyl (C=O) groups is 1. The number of hydrogen-bond donors (Lipinski definition) is 3. The van der Waals surface area contributed by atoms with Crippen LogP contribution in [0.1, 0.15) is 29.1 Å². The van der Waals surface area contributed by atoms with Gasteiger partial charge in [-0.2, -0.15) is 0 Å². The summed E-state index contributed by atoms with van der Waals surface area (Å²) in [6.07, 6.45) is 1.50. The lowest BCUT2D eigenvalue weighted by Crippen LogP contribution is -2.33. The average molecular weight is 511 g/mol. The minimum absolute atomic E-state index is 0.00496. The third kappa shape index (κ3) is 4.62. The van der Waals surface area contributed by atoms with Gasteiger partial charge in [0.1, 0.15) is 0 Å². The van der Waals surface area contributed by atoms with Crippen molar-refractivity contribution in [2.75, 3.05) is 11.5 Å². The summed E-state index contributed by atoms with van der Waals surface area (Å²) in [4.78, 5) is 35.6. The van der Waals surface area contributed by atoms with Crippen LogP contribution < -0.4 is 22.3 Å². The van der Waals surface area contributed by atoms with Crippen LogP contribution in [0.25, 0.3) is 27.7 Å². The molecule has 0 radical (unpaired) electrons. The van der Waals surface area contributed by atoms with Gasteiger partial charge in [0.15, 0.2) is 11.5 Å². The van der Waals surface area contributed by atoms with E-state index in [4.69, 9.17) is 23.1 Å². The maximum absolute atomic E-state index is 13.6. The molecule has 1 atom stereocenters. The SMILES string of the molecule is CC(NC(=O)c1nc(-c2ccc(N)cc2)cnc1N)c1cc2cccc(Cl)c2c(=O)n1-c1ccccc1. The number of rotatable bonds is 5. The zero-order valence-corrected chi connectivity index (χ0v) is 20.6. The minimum atomic E-state index is -0.592. The van der Waals surface area contributed by atoms with Crippen LogP contribution in [0.3, 0.4) is 0 Å². The van der Waals surface area contributed by atoms with Crippen LogP contribution in [0, 0.1) is 0 Å². The molecule has 0 aliphatic rings. The smallest absolute Gasteiger partial charge is 0.274 e. The standard InChI is InChI=1S/C28H23ClN6O2/c1-16(33-27(36)25-26(31)32-15-22(34-25)17-10-12-19(30)13-11-17)23-14-18-6-5-9-21(29)24(18)28(37)35(23)20-7-3-2-4-8-20/h2-16H,30H2,1H3,(H2,31,32)(H,33,36). The quantitative estimate of drug-likeness (QED) is 0.292. The molecule has 2 aromatic heterocycles. The molecule has 5 aromatic rings. The van der Waals surface area contributed by atoms with Gasteiger partial charge < -0.3 is 16.8 Å². The van der Waals surface area contributed by atoms with Gasteiger partial charge in [0.2, 0.25) is 0 Å². The third-order valence-electron chi connectivity index (χ3n) is 6.05. The summed E-state index contributed by atoms with van der Waals surface area (Å²) >= 11 is 6.39. The molecule has 184 valence electrons. The lowest BCUT2D eigenvalue weighted by molar-refractivity contribution is 0.0934. The number of amides is 1.